The molecule has 1 aliphatic heterocycles. The van der Waals surface area contributed by atoms with Crippen LogP contribution in [0.4, 0.5) is 0 Å². The van der Waals surface area contributed by atoms with Crippen LogP contribution >= 0.6 is 0 Å². The molecule has 5 rings (SSSR count). The molecule has 0 aromatic carbocycles. The second-order valence-electron chi connectivity index (χ2n) is 12.8. The van der Waals surface area contributed by atoms with E-state index in [0.29, 0.717) is 28.8 Å². The van der Waals surface area contributed by atoms with Gasteiger partial charge in [-0.1, -0.05) is 38.5 Å². The molecule has 5 aliphatic rings. The van der Waals surface area contributed by atoms with Crippen LogP contribution in [0.2, 0.25) is 0 Å². The van der Waals surface area contributed by atoms with Crippen LogP contribution in [-0.4, -0.2) is 56.4 Å². The second-order valence-corrected chi connectivity index (χ2v) is 12.8. The Bertz CT molecular complexity index is 786. The molecule has 31 heavy (non-hydrogen) atoms. The maximum atomic E-state index is 6.11. The molecule has 0 unspecified atom stereocenters. The monoisotopic (exact) mass is 426 g/mol. The summed E-state index contributed by atoms with van der Waals surface area (Å²) in [6, 6.07) is 1.33. The van der Waals surface area contributed by atoms with E-state index >= 15 is 0 Å². The van der Waals surface area contributed by atoms with Crippen molar-refractivity contribution in [3.8, 4) is 0 Å². The molecule has 3 heteroatoms. The van der Waals surface area contributed by atoms with E-state index in [0.717, 1.165) is 25.2 Å². The summed E-state index contributed by atoms with van der Waals surface area (Å²) in [7, 11) is 6.82. The van der Waals surface area contributed by atoms with Crippen molar-refractivity contribution >= 4 is 0 Å². The number of ether oxygens (including phenoxy) is 1. The minimum atomic E-state index is 0.271. The Morgan fingerprint density at radius 1 is 1.06 bits per heavy atom. The van der Waals surface area contributed by atoms with Crippen LogP contribution < -0.4 is 0 Å². The van der Waals surface area contributed by atoms with Gasteiger partial charge in [0, 0.05) is 17.5 Å². The molecule has 0 aromatic heterocycles. The zero-order valence-electron chi connectivity index (χ0n) is 21.2. The molecule has 3 nitrogen and oxygen atoms in total. The van der Waals surface area contributed by atoms with Gasteiger partial charge in [0.1, 0.15) is 0 Å². The standard InChI is InChI=1S/C28H46N2O/c1-19(29(5)6)22-13-15-28(4)24-10-9-23-20(16-21(24)12-14-27(22,28)3)8-11-25-26(23,2)17-31-18-30(25)7/h12,16,19,22-25H,8-11,13-15,17-18H2,1-7H3/t19-,22-,23+,24-,25-,26-,27-,28+/m1/s1. The lowest BCUT2D eigenvalue weighted by Gasteiger charge is -2.55. The second kappa shape index (κ2) is 7.43. The van der Waals surface area contributed by atoms with Crippen molar-refractivity contribution < 1.29 is 4.74 Å². The van der Waals surface area contributed by atoms with Gasteiger partial charge in [0.25, 0.3) is 0 Å². The fourth-order valence-electron chi connectivity index (χ4n) is 9.18. The van der Waals surface area contributed by atoms with Crippen LogP contribution in [0.25, 0.3) is 0 Å². The molecule has 0 bridgehead atoms. The zero-order chi connectivity index (χ0) is 22.2. The number of fused-ring (bicyclic) bond motifs is 6. The van der Waals surface area contributed by atoms with E-state index in [1.165, 1.54) is 44.9 Å². The SMILES string of the molecule is C[C@H]([C@H]1CC[C@@]2(C)[C@@H]3CC[C@H]4C(=CC3=CC[C@]12C)CC[C@H]1N(C)COC[C@]41C)N(C)C. The predicted octanol–water partition coefficient (Wildman–Crippen LogP) is 5.73. The van der Waals surface area contributed by atoms with E-state index in [1.807, 2.05) is 0 Å². The van der Waals surface area contributed by atoms with Gasteiger partial charge in [-0.15, -0.1) is 0 Å². The topological polar surface area (TPSA) is 15.7 Å². The van der Waals surface area contributed by atoms with Crippen LogP contribution in [0.15, 0.2) is 23.3 Å². The van der Waals surface area contributed by atoms with Crippen LogP contribution in [0.3, 0.4) is 0 Å². The highest BCUT2D eigenvalue weighted by molar-refractivity contribution is 5.37. The summed E-state index contributed by atoms with van der Waals surface area (Å²) in [6.45, 7) is 12.1. The van der Waals surface area contributed by atoms with Crippen LogP contribution in [0.1, 0.15) is 72.6 Å². The Balaban J connectivity index is 1.48. The van der Waals surface area contributed by atoms with Gasteiger partial charge in [0.15, 0.2) is 0 Å². The summed E-state index contributed by atoms with van der Waals surface area (Å²) in [5.41, 5.74) is 4.56. The molecule has 0 aromatic rings. The summed E-state index contributed by atoms with van der Waals surface area (Å²) in [6.07, 6.45) is 14.7. The summed E-state index contributed by atoms with van der Waals surface area (Å²) in [5, 5.41) is 0. The first-order chi connectivity index (χ1) is 14.6. The van der Waals surface area contributed by atoms with Crippen molar-refractivity contribution in [1.82, 2.24) is 9.80 Å². The van der Waals surface area contributed by atoms with Crippen LogP contribution in [-0.2, 0) is 4.74 Å². The van der Waals surface area contributed by atoms with Gasteiger partial charge in [0.2, 0.25) is 0 Å². The van der Waals surface area contributed by atoms with Crippen molar-refractivity contribution in [3.63, 3.8) is 0 Å². The number of nitrogens with zero attached hydrogens (tertiary/aromatic N) is 2. The third-order valence-electron chi connectivity index (χ3n) is 11.5. The number of hydrogen-bond donors (Lipinski definition) is 0. The number of hydrogen-bond acceptors (Lipinski definition) is 3. The van der Waals surface area contributed by atoms with E-state index in [-0.39, 0.29) is 5.41 Å². The minimum Gasteiger partial charge on any atom is -0.365 e. The van der Waals surface area contributed by atoms with E-state index < -0.39 is 0 Å². The average molecular weight is 427 g/mol. The van der Waals surface area contributed by atoms with Crippen molar-refractivity contribution in [1.29, 1.82) is 0 Å². The Hall–Kier alpha value is -0.640. The quantitative estimate of drug-likeness (QED) is 0.561. The van der Waals surface area contributed by atoms with Gasteiger partial charge in [-0.3, -0.25) is 4.90 Å². The van der Waals surface area contributed by atoms with E-state index in [4.69, 9.17) is 4.74 Å². The normalized spacial score (nSPS) is 48.6. The Morgan fingerprint density at radius 3 is 2.55 bits per heavy atom. The summed E-state index contributed by atoms with van der Waals surface area (Å²) in [4.78, 5) is 4.95. The first-order valence-corrected chi connectivity index (χ1v) is 13.0. The van der Waals surface area contributed by atoms with Crippen molar-refractivity contribution in [2.24, 2.45) is 34.0 Å². The lowest BCUT2D eigenvalue weighted by molar-refractivity contribution is -0.143. The van der Waals surface area contributed by atoms with Gasteiger partial charge in [-0.25, -0.2) is 0 Å². The van der Waals surface area contributed by atoms with Gasteiger partial charge in [0.05, 0.1) is 13.3 Å². The fraction of sp³-hybridized carbons (Fsp3) is 0.857. The first kappa shape index (κ1) is 22.2. The number of rotatable bonds is 2. The molecule has 174 valence electrons. The van der Waals surface area contributed by atoms with Crippen molar-refractivity contribution in [2.75, 3.05) is 34.5 Å². The maximum Gasteiger partial charge on any atom is 0.0990 e. The molecule has 0 spiro atoms. The first-order valence-electron chi connectivity index (χ1n) is 13.0. The molecule has 8 atom stereocenters. The predicted molar refractivity (Wildman–Crippen MR) is 129 cm³/mol. The van der Waals surface area contributed by atoms with Gasteiger partial charge in [-0.2, -0.15) is 0 Å². The molecule has 0 N–H and O–H groups in total. The van der Waals surface area contributed by atoms with Crippen LogP contribution in [0.5, 0.6) is 0 Å². The maximum absolute atomic E-state index is 6.11. The summed E-state index contributed by atoms with van der Waals surface area (Å²) in [5.74, 6) is 2.21. The Morgan fingerprint density at radius 2 is 1.81 bits per heavy atom. The third-order valence-corrected chi connectivity index (χ3v) is 11.5. The largest absolute Gasteiger partial charge is 0.365 e. The Kier molecular flexibility index (Phi) is 5.32. The van der Waals surface area contributed by atoms with Gasteiger partial charge in [-0.05, 0) is 107 Å². The molecular formula is C28H46N2O. The van der Waals surface area contributed by atoms with E-state index in [1.54, 1.807) is 11.1 Å². The Labute approximate surface area is 191 Å². The number of allylic oxidation sites excluding steroid dienone is 4. The van der Waals surface area contributed by atoms with Crippen LogP contribution in [0, 0.1) is 34.0 Å². The summed E-state index contributed by atoms with van der Waals surface area (Å²) < 4.78 is 6.11. The van der Waals surface area contributed by atoms with E-state index in [2.05, 4.69) is 70.8 Å². The molecule has 2 saturated carbocycles. The van der Waals surface area contributed by atoms with E-state index in [9.17, 15) is 0 Å². The molecule has 3 fully saturated rings. The highest BCUT2D eigenvalue weighted by atomic mass is 16.5. The van der Waals surface area contributed by atoms with Gasteiger partial charge < -0.3 is 9.64 Å². The molecule has 4 aliphatic carbocycles. The molecule has 0 amide bonds. The zero-order valence-corrected chi connectivity index (χ0v) is 21.2. The third kappa shape index (κ3) is 3.02. The molecule has 0 radical (unpaired) electrons. The smallest absolute Gasteiger partial charge is 0.0990 e. The average Bonchev–Trinajstić information content (AvgIpc) is 2.86. The fourth-order valence-corrected chi connectivity index (χ4v) is 9.18. The molecule has 1 heterocycles. The molecular weight excluding hydrogens is 380 g/mol. The van der Waals surface area contributed by atoms with Crippen molar-refractivity contribution in [3.05, 3.63) is 23.3 Å². The lowest BCUT2D eigenvalue weighted by Crippen LogP contribution is -2.58. The highest BCUT2D eigenvalue weighted by Crippen LogP contribution is 2.68. The molecule has 1 saturated heterocycles. The highest BCUT2D eigenvalue weighted by Gasteiger charge is 2.61. The minimum absolute atomic E-state index is 0.271. The summed E-state index contributed by atoms with van der Waals surface area (Å²) >= 11 is 0. The van der Waals surface area contributed by atoms with Gasteiger partial charge >= 0.3 is 0 Å². The van der Waals surface area contributed by atoms with Crippen molar-refractivity contribution in [2.45, 2.75) is 84.7 Å². The lowest BCUT2D eigenvalue weighted by atomic mass is 9.51.